The van der Waals surface area contributed by atoms with Crippen LogP contribution in [0, 0.1) is 0 Å². The number of carbonyl (C=O) groups excluding carboxylic acids is 1. The molecule has 1 aliphatic rings. The first-order chi connectivity index (χ1) is 10.4. The lowest BCUT2D eigenvalue weighted by Gasteiger charge is -2.31. The predicted molar refractivity (Wildman–Crippen MR) is 88.8 cm³/mol. The van der Waals surface area contributed by atoms with Crippen LogP contribution < -0.4 is 10.2 Å². The van der Waals surface area contributed by atoms with Crippen molar-refractivity contribution in [3.8, 4) is 0 Å². The summed E-state index contributed by atoms with van der Waals surface area (Å²) in [5, 5.41) is 2.77. The third-order valence-corrected chi connectivity index (χ3v) is 4.57. The topological polar surface area (TPSA) is 50.8 Å². The second-order valence-electron chi connectivity index (χ2n) is 6.16. The van der Waals surface area contributed by atoms with E-state index in [-0.39, 0.29) is 5.41 Å². The number of nitrogens with one attached hydrogen (secondary N) is 1. The fraction of sp³-hybridized carbons (Fsp3) is 0.588. The molecule has 1 heterocycles. The van der Waals surface area contributed by atoms with E-state index in [4.69, 9.17) is 9.47 Å². The maximum atomic E-state index is 11.6. The SMILES string of the molecule is CCOC(=O)Nc1ccc2c(c1)N(CCOC)C(C)C2(C)C. The van der Waals surface area contributed by atoms with Crippen LogP contribution in [0.4, 0.5) is 16.2 Å². The summed E-state index contributed by atoms with van der Waals surface area (Å²) < 4.78 is 10.2. The zero-order valence-electron chi connectivity index (χ0n) is 14.1. The largest absolute Gasteiger partial charge is 0.450 e. The third kappa shape index (κ3) is 3.04. The molecule has 0 spiro atoms. The van der Waals surface area contributed by atoms with Gasteiger partial charge < -0.3 is 14.4 Å². The fourth-order valence-electron chi connectivity index (χ4n) is 3.00. The second kappa shape index (κ2) is 6.57. The lowest BCUT2D eigenvalue weighted by Crippen LogP contribution is -2.40. The highest BCUT2D eigenvalue weighted by atomic mass is 16.5. The molecule has 5 nitrogen and oxygen atoms in total. The lowest BCUT2D eigenvalue weighted by molar-refractivity contribution is 0.168. The van der Waals surface area contributed by atoms with E-state index in [9.17, 15) is 4.79 Å². The van der Waals surface area contributed by atoms with Crippen molar-refractivity contribution in [2.24, 2.45) is 0 Å². The molecule has 1 N–H and O–H groups in total. The zero-order chi connectivity index (χ0) is 16.3. The highest BCUT2D eigenvalue weighted by Crippen LogP contribution is 2.45. The summed E-state index contributed by atoms with van der Waals surface area (Å²) >= 11 is 0. The van der Waals surface area contributed by atoms with Gasteiger partial charge in [0.2, 0.25) is 0 Å². The Hall–Kier alpha value is -1.75. The van der Waals surface area contributed by atoms with Gasteiger partial charge in [0.05, 0.1) is 13.2 Å². The average Bonchev–Trinajstić information content (AvgIpc) is 2.65. The van der Waals surface area contributed by atoms with Crippen molar-refractivity contribution in [2.75, 3.05) is 37.1 Å². The van der Waals surface area contributed by atoms with Gasteiger partial charge in [-0.05, 0) is 31.5 Å². The minimum atomic E-state index is -0.420. The molecular formula is C17H26N2O3. The molecule has 5 heteroatoms. The number of fused-ring (bicyclic) bond motifs is 1. The van der Waals surface area contributed by atoms with E-state index in [1.54, 1.807) is 14.0 Å². The van der Waals surface area contributed by atoms with Gasteiger partial charge in [0, 0.05) is 36.5 Å². The van der Waals surface area contributed by atoms with Crippen LogP contribution in [0.15, 0.2) is 18.2 Å². The minimum Gasteiger partial charge on any atom is -0.450 e. The number of hydrogen-bond acceptors (Lipinski definition) is 4. The van der Waals surface area contributed by atoms with Crippen LogP contribution in [-0.2, 0) is 14.9 Å². The molecule has 0 fully saturated rings. The number of carbonyl (C=O) groups is 1. The Morgan fingerprint density at radius 3 is 2.77 bits per heavy atom. The van der Waals surface area contributed by atoms with Gasteiger partial charge in [-0.1, -0.05) is 19.9 Å². The predicted octanol–water partition coefficient (Wildman–Crippen LogP) is 3.39. The van der Waals surface area contributed by atoms with E-state index < -0.39 is 6.09 Å². The highest BCUT2D eigenvalue weighted by Gasteiger charge is 2.41. The molecule has 1 aromatic carbocycles. The maximum absolute atomic E-state index is 11.6. The van der Waals surface area contributed by atoms with Gasteiger partial charge in [0.25, 0.3) is 0 Å². The van der Waals surface area contributed by atoms with Crippen molar-refractivity contribution in [1.29, 1.82) is 0 Å². The van der Waals surface area contributed by atoms with Crippen molar-refractivity contribution in [1.82, 2.24) is 0 Å². The number of amides is 1. The monoisotopic (exact) mass is 306 g/mol. The first-order valence-corrected chi connectivity index (χ1v) is 7.75. The lowest BCUT2D eigenvalue weighted by atomic mass is 9.81. The molecule has 2 rings (SSSR count). The number of nitrogens with zero attached hydrogens (tertiary/aromatic N) is 1. The summed E-state index contributed by atoms with van der Waals surface area (Å²) in [6, 6.07) is 6.42. The van der Waals surface area contributed by atoms with Crippen LogP contribution in [0.2, 0.25) is 0 Å². The van der Waals surface area contributed by atoms with E-state index in [0.717, 1.165) is 17.9 Å². The molecule has 122 valence electrons. The van der Waals surface area contributed by atoms with Crippen LogP contribution in [0.1, 0.15) is 33.3 Å². The Morgan fingerprint density at radius 1 is 1.41 bits per heavy atom. The summed E-state index contributed by atoms with van der Waals surface area (Å²) in [4.78, 5) is 13.9. The molecule has 0 saturated carbocycles. The standard InChI is InChI=1S/C17H26N2O3/c1-6-22-16(20)18-13-7-8-14-15(11-13)19(9-10-21-5)12(2)17(14,3)4/h7-8,11-12H,6,9-10H2,1-5H3,(H,18,20). The molecule has 0 aromatic heterocycles. The molecule has 0 bridgehead atoms. The van der Waals surface area contributed by atoms with Crippen LogP contribution >= 0.6 is 0 Å². The summed E-state index contributed by atoms with van der Waals surface area (Å²) in [6.07, 6.45) is -0.420. The summed E-state index contributed by atoms with van der Waals surface area (Å²) in [5.74, 6) is 0. The fourth-order valence-corrected chi connectivity index (χ4v) is 3.00. The van der Waals surface area contributed by atoms with Gasteiger partial charge in [-0.3, -0.25) is 5.32 Å². The van der Waals surface area contributed by atoms with E-state index in [0.29, 0.717) is 19.3 Å². The van der Waals surface area contributed by atoms with E-state index >= 15 is 0 Å². The zero-order valence-corrected chi connectivity index (χ0v) is 14.1. The van der Waals surface area contributed by atoms with Crippen molar-refractivity contribution in [3.05, 3.63) is 23.8 Å². The van der Waals surface area contributed by atoms with Crippen LogP contribution in [0.5, 0.6) is 0 Å². The Bertz CT molecular complexity index is 543. The molecule has 1 unspecified atom stereocenters. The molecule has 1 aromatic rings. The number of hydrogen-bond donors (Lipinski definition) is 1. The quantitative estimate of drug-likeness (QED) is 0.906. The van der Waals surface area contributed by atoms with Gasteiger partial charge in [-0.25, -0.2) is 4.79 Å². The molecule has 0 radical (unpaired) electrons. The highest BCUT2D eigenvalue weighted by molar-refractivity contribution is 5.86. The minimum absolute atomic E-state index is 0.0610. The van der Waals surface area contributed by atoms with Crippen molar-refractivity contribution in [3.63, 3.8) is 0 Å². The number of benzene rings is 1. The normalized spacial score (nSPS) is 19.0. The Morgan fingerprint density at radius 2 is 2.14 bits per heavy atom. The van der Waals surface area contributed by atoms with Gasteiger partial charge in [0.1, 0.15) is 0 Å². The molecule has 22 heavy (non-hydrogen) atoms. The number of methoxy groups -OCH3 is 1. The molecule has 1 aliphatic heterocycles. The molecule has 1 atom stereocenters. The van der Waals surface area contributed by atoms with Crippen LogP contribution in [-0.4, -0.2) is 39.0 Å². The molecule has 1 amide bonds. The van der Waals surface area contributed by atoms with Crippen molar-refractivity contribution < 1.29 is 14.3 Å². The number of ether oxygens (including phenoxy) is 2. The summed E-state index contributed by atoms with van der Waals surface area (Å²) in [5.41, 5.74) is 3.27. The van der Waals surface area contributed by atoms with Gasteiger partial charge in [-0.15, -0.1) is 0 Å². The van der Waals surface area contributed by atoms with Gasteiger partial charge in [0.15, 0.2) is 0 Å². The van der Waals surface area contributed by atoms with Crippen molar-refractivity contribution in [2.45, 2.75) is 39.2 Å². The van der Waals surface area contributed by atoms with E-state index in [1.165, 1.54) is 5.56 Å². The molecule has 0 saturated heterocycles. The Labute approximate surface area is 132 Å². The first kappa shape index (κ1) is 16.6. The first-order valence-electron chi connectivity index (χ1n) is 7.75. The molecular weight excluding hydrogens is 280 g/mol. The summed E-state index contributed by atoms with van der Waals surface area (Å²) in [7, 11) is 1.71. The number of rotatable bonds is 5. The smallest absolute Gasteiger partial charge is 0.411 e. The van der Waals surface area contributed by atoms with Crippen molar-refractivity contribution >= 4 is 17.5 Å². The Kier molecular flexibility index (Phi) is 4.96. The van der Waals surface area contributed by atoms with E-state index in [1.807, 2.05) is 12.1 Å². The van der Waals surface area contributed by atoms with Crippen LogP contribution in [0.25, 0.3) is 0 Å². The van der Waals surface area contributed by atoms with Crippen LogP contribution in [0.3, 0.4) is 0 Å². The van der Waals surface area contributed by atoms with Gasteiger partial charge in [-0.2, -0.15) is 0 Å². The summed E-state index contributed by atoms with van der Waals surface area (Å²) in [6.45, 7) is 10.4. The van der Waals surface area contributed by atoms with E-state index in [2.05, 4.69) is 37.1 Å². The average molecular weight is 306 g/mol. The second-order valence-corrected chi connectivity index (χ2v) is 6.16. The number of anilines is 2. The maximum Gasteiger partial charge on any atom is 0.411 e. The molecule has 0 aliphatic carbocycles. The van der Waals surface area contributed by atoms with Gasteiger partial charge >= 0.3 is 6.09 Å². The Balaban J connectivity index is 2.29. The third-order valence-electron chi connectivity index (χ3n) is 4.57.